The first kappa shape index (κ1) is 14.0. The Bertz CT molecular complexity index is 690. The molecule has 1 heterocycles. The van der Waals surface area contributed by atoms with Crippen molar-refractivity contribution >= 4 is 23.3 Å². The molecule has 0 saturated heterocycles. The Morgan fingerprint density at radius 1 is 1.33 bits per heavy atom. The molecule has 2 N–H and O–H groups in total. The topological polar surface area (TPSA) is 49.3 Å². The number of rotatable bonds is 3. The van der Waals surface area contributed by atoms with Gasteiger partial charge in [-0.2, -0.15) is 0 Å². The molecule has 1 aliphatic rings. The smallest absolute Gasteiger partial charge is 0.244 e. The largest absolute Gasteiger partial charge is 0.390 e. The average Bonchev–Trinajstić information content (AvgIpc) is 3.01. The average molecular weight is 299 g/mol. The standard InChI is InChI=1S/C17H17NO2S/c1-11-6-7-13(21-11)8-9-16(20)18-17-14-5-3-2-4-12(14)10-15(17)19/h2-9,15,17,19H,10H2,1H3,(H,18,20)/b9-8+/t15-,17+/m1/s1. The van der Waals surface area contributed by atoms with Crippen LogP contribution in [0, 0.1) is 6.92 Å². The highest BCUT2D eigenvalue weighted by atomic mass is 32.1. The monoisotopic (exact) mass is 299 g/mol. The molecule has 2 aromatic rings. The summed E-state index contributed by atoms with van der Waals surface area (Å²) in [5, 5.41) is 13.0. The number of carbonyl (C=O) groups excluding carboxylic acids is 1. The van der Waals surface area contributed by atoms with E-state index in [0.717, 1.165) is 16.0 Å². The minimum Gasteiger partial charge on any atom is -0.390 e. The number of carbonyl (C=O) groups is 1. The number of thiophene rings is 1. The molecule has 1 aliphatic carbocycles. The van der Waals surface area contributed by atoms with Gasteiger partial charge in [-0.3, -0.25) is 4.79 Å². The summed E-state index contributed by atoms with van der Waals surface area (Å²) < 4.78 is 0. The van der Waals surface area contributed by atoms with Gasteiger partial charge in [0.15, 0.2) is 0 Å². The number of nitrogens with one attached hydrogen (secondary N) is 1. The summed E-state index contributed by atoms with van der Waals surface area (Å²) >= 11 is 1.65. The summed E-state index contributed by atoms with van der Waals surface area (Å²) in [5.74, 6) is -0.179. The lowest BCUT2D eigenvalue weighted by Crippen LogP contribution is -2.32. The van der Waals surface area contributed by atoms with Gasteiger partial charge in [0.05, 0.1) is 12.1 Å². The molecular formula is C17H17NO2S. The van der Waals surface area contributed by atoms with Crippen molar-refractivity contribution in [2.75, 3.05) is 0 Å². The van der Waals surface area contributed by atoms with Crippen LogP contribution < -0.4 is 5.32 Å². The Balaban J connectivity index is 1.69. The van der Waals surface area contributed by atoms with Gasteiger partial charge in [0, 0.05) is 22.3 Å². The van der Waals surface area contributed by atoms with Gasteiger partial charge in [-0.1, -0.05) is 24.3 Å². The molecule has 0 unspecified atom stereocenters. The van der Waals surface area contributed by atoms with E-state index < -0.39 is 6.10 Å². The van der Waals surface area contributed by atoms with Gasteiger partial charge in [0.1, 0.15) is 0 Å². The van der Waals surface area contributed by atoms with E-state index >= 15 is 0 Å². The SMILES string of the molecule is Cc1ccc(/C=C/C(=O)N[C@H]2c3ccccc3C[C@H]2O)s1. The van der Waals surface area contributed by atoms with Crippen molar-refractivity contribution in [1.29, 1.82) is 0 Å². The fourth-order valence-electron chi connectivity index (χ4n) is 2.65. The Labute approximate surface area is 127 Å². The molecule has 0 radical (unpaired) electrons. The van der Waals surface area contributed by atoms with Crippen LogP contribution in [0.1, 0.15) is 26.9 Å². The number of hydrogen-bond acceptors (Lipinski definition) is 3. The van der Waals surface area contributed by atoms with Crippen LogP contribution in [-0.2, 0) is 11.2 Å². The number of benzene rings is 1. The molecule has 3 nitrogen and oxygen atoms in total. The summed E-state index contributed by atoms with van der Waals surface area (Å²) in [6.45, 7) is 2.04. The second-order valence-electron chi connectivity index (χ2n) is 5.24. The second-order valence-corrected chi connectivity index (χ2v) is 6.56. The lowest BCUT2D eigenvalue weighted by atomic mass is 10.1. The molecule has 2 atom stereocenters. The van der Waals surface area contributed by atoms with Gasteiger partial charge in [0.2, 0.25) is 5.91 Å². The molecule has 1 aromatic heterocycles. The van der Waals surface area contributed by atoms with Crippen molar-refractivity contribution in [3.8, 4) is 0 Å². The van der Waals surface area contributed by atoms with Crippen molar-refractivity contribution in [3.05, 3.63) is 63.4 Å². The molecule has 1 aromatic carbocycles. The van der Waals surface area contributed by atoms with Crippen LogP contribution in [0.2, 0.25) is 0 Å². The van der Waals surface area contributed by atoms with Crippen LogP contribution in [0.3, 0.4) is 0 Å². The second kappa shape index (κ2) is 5.84. The van der Waals surface area contributed by atoms with Crippen LogP contribution in [0.4, 0.5) is 0 Å². The Morgan fingerprint density at radius 2 is 2.14 bits per heavy atom. The Kier molecular flexibility index (Phi) is 3.90. The fourth-order valence-corrected chi connectivity index (χ4v) is 3.43. The van der Waals surface area contributed by atoms with Crippen LogP contribution in [0.25, 0.3) is 6.08 Å². The van der Waals surface area contributed by atoms with E-state index in [-0.39, 0.29) is 11.9 Å². The molecule has 3 rings (SSSR count). The van der Waals surface area contributed by atoms with Gasteiger partial charge in [-0.25, -0.2) is 0 Å². The van der Waals surface area contributed by atoms with Crippen molar-refractivity contribution in [2.45, 2.75) is 25.5 Å². The zero-order chi connectivity index (χ0) is 14.8. The number of aryl methyl sites for hydroxylation is 1. The number of amides is 1. The third-order valence-corrected chi connectivity index (χ3v) is 4.63. The zero-order valence-corrected chi connectivity index (χ0v) is 12.6. The first-order valence-corrected chi connectivity index (χ1v) is 7.76. The predicted molar refractivity (Wildman–Crippen MR) is 85.1 cm³/mol. The summed E-state index contributed by atoms with van der Waals surface area (Å²) in [6.07, 6.45) is 3.37. The third-order valence-electron chi connectivity index (χ3n) is 3.66. The Morgan fingerprint density at radius 3 is 2.90 bits per heavy atom. The molecule has 0 aliphatic heterocycles. The molecule has 0 bridgehead atoms. The van der Waals surface area contributed by atoms with Gasteiger partial charge >= 0.3 is 0 Å². The molecule has 0 spiro atoms. The molecular weight excluding hydrogens is 282 g/mol. The molecule has 21 heavy (non-hydrogen) atoms. The van der Waals surface area contributed by atoms with Crippen LogP contribution in [-0.4, -0.2) is 17.1 Å². The van der Waals surface area contributed by atoms with Crippen LogP contribution in [0.15, 0.2) is 42.5 Å². The Hall–Kier alpha value is -1.91. The van der Waals surface area contributed by atoms with Crippen molar-refractivity contribution in [1.82, 2.24) is 5.32 Å². The van der Waals surface area contributed by atoms with Crippen molar-refractivity contribution < 1.29 is 9.90 Å². The third kappa shape index (κ3) is 3.06. The minimum absolute atomic E-state index is 0.179. The quantitative estimate of drug-likeness (QED) is 0.856. The van der Waals surface area contributed by atoms with E-state index in [1.807, 2.05) is 43.3 Å². The fraction of sp³-hybridized carbons (Fsp3) is 0.235. The zero-order valence-electron chi connectivity index (χ0n) is 11.7. The molecule has 4 heteroatoms. The summed E-state index contributed by atoms with van der Waals surface area (Å²) in [5.41, 5.74) is 2.12. The van der Waals surface area contributed by atoms with E-state index in [2.05, 4.69) is 5.32 Å². The highest BCUT2D eigenvalue weighted by molar-refractivity contribution is 7.12. The van der Waals surface area contributed by atoms with Crippen LogP contribution in [0.5, 0.6) is 0 Å². The lowest BCUT2D eigenvalue weighted by Gasteiger charge is -2.16. The molecule has 0 saturated carbocycles. The number of hydrogen-bond donors (Lipinski definition) is 2. The van der Waals surface area contributed by atoms with Gasteiger partial charge in [-0.05, 0) is 36.3 Å². The molecule has 1 amide bonds. The normalized spacial score (nSPS) is 20.7. The summed E-state index contributed by atoms with van der Waals surface area (Å²) in [4.78, 5) is 14.3. The van der Waals surface area contributed by atoms with Gasteiger partial charge in [0.25, 0.3) is 0 Å². The molecule has 0 fully saturated rings. The highest BCUT2D eigenvalue weighted by Crippen LogP contribution is 2.31. The maximum atomic E-state index is 12.0. The van der Waals surface area contributed by atoms with Gasteiger partial charge in [-0.15, -0.1) is 11.3 Å². The summed E-state index contributed by atoms with van der Waals surface area (Å²) in [6, 6.07) is 11.5. The first-order valence-electron chi connectivity index (χ1n) is 6.94. The maximum Gasteiger partial charge on any atom is 0.244 e. The maximum absolute atomic E-state index is 12.0. The van der Waals surface area contributed by atoms with Crippen molar-refractivity contribution in [2.24, 2.45) is 0 Å². The number of aliphatic hydroxyl groups excluding tert-OH is 1. The molecule has 108 valence electrons. The number of fused-ring (bicyclic) bond motifs is 1. The van der Waals surface area contributed by atoms with E-state index in [1.165, 1.54) is 11.0 Å². The predicted octanol–water partition coefficient (Wildman–Crippen LogP) is 2.84. The summed E-state index contributed by atoms with van der Waals surface area (Å²) in [7, 11) is 0. The minimum atomic E-state index is -0.552. The van der Waals surface area contributed by atoms with Gasteiger partial charge < -0.3 is 10.4 Å². The number of aliphatic hydroxyl groups is 1. The van der Waals surface area contributed by atoms with E-state index in [4.69, 9.17) is 0 Å². The van der Waals surface area contributed by atoms with E-state index in [1.54, 1.807) is 17.4 Å². The van der Waals surface area contributed by atoms with E-state index in [9.17, 15) is 9.90 Å². The van der Waals surface area contributed by atoms with Crippen LogP contribution >= 0.6 is 11.3 Å². The highest BCUT2D eigenvalue weighted by Gasteiger charge is 2.31. The van der Waals surface area contributed by atoms with Crippen molar-refractivity contribution in [3.63, 3.8) is 0 Å². The lowest BCUT2D eigenvalue weighted by molar-refractivity contribution is -0.117. The van der Waals surface area contributed by atoms with E-state index in [0.29, 0.717) is 6.42 Å². The first-order chi connectivity index (χ1) is 10.1.